The van der Waals surface area contributed by atoms with Gasteiger partial charge in [0.2, 0.25) is 0 Å². The Morgan fingerprint density at radius 3 is 2.57 bits per heavy atom. The Kier molecular flexibility index (Phi) is 6.98. The molecule has 1 aromatic carbocycles. The number of hydrogen-bond donors (Lipinski definition) is 1. The molecule has 0 saturated carbocycles. The van der Waals surface area contributed by atoms with Gasteiger partial charge < -0.3 is 10.1 Å². The monoisotopic (exact) mass is 287 g/mol. The second kappa shape index (κ2) is 9.01. The molecule has 1 aliphatic carbocycles. The molecular formula is C19H29NO. The average Bonchev–Trinajstić information content (AvgIpc) is 2.49. The molecule has 1 aromatic rings. The second-order valence-electron chi connectivity index (χ2n) is 5.78. The van der Waals surface area contributed by atoms with Gasteiger partial charge in [0.25, 0.3) is 0 Å². The van der Waals surface area contributed by atoms with Gasteiger partial charge in [-0.2, -0.15) is 0 Å². The summed E-state index contributed by atoms with van der Waals surface area (Å²) in [5, 5.41) is 3.51. The summed E-state index contributed by atoms with van der Waals surface area (Å²) in [4.78, 5) is 0. The van der Waals surface area contributed by atoms with Crippen LogP contribution in [0.3, 0.4) is 0 Å². The predicted molar refractivity (Wildman–Crippen MR) is 89.4 cm³/mol. The maximum Gasteiger partial charge on any atom is 0.102 e. The summed E-state index contributed by atoms with van der Waals surface area (Å²) in [6.45, 7) is 2.82. The maximum absolute atomic E-state index is 6.10. The van der Waals surface area contributed by atoms with Gasteiger partial charge in [-0.05, 0) is 45.2 Å². The lowest BCUT2D eigenvalue weighted by atomic mass is 9.89. The van der Waals surface area contributed by atoms with Crippen LogP contribution in [0.1, 0.15) is 57.1 Å². The summed E-state index contributed by atoms with van der Waals surface area (Å²) in [6, 6.07) is 10.9. The van der Waals surface area contributed by atoms with E-state index in [4.69, 9.17) is 4.74 Å². The molecule has 0 radical (unpaired) electrons. The van der Waals surface area contributed by atoms with Crippen molar-refractivity contribution >= 4 is 0 Å². The Morgan fingerprint density at radius 1 is 1.10 bits per heavy atom. The van der Waals surface area contributed by atoms with E-state index < -0.39 is 0 Å². The summed E-state index contributed by atoms with van der Waals surface area (Å²) < 4.78 is 6.10. The molecular weight excluding hydrogens is 258 g/mol. The minimum atomic E-state index is 0.104. The van der Waals surface area contributed by atoms with Crippen molar-refractivity contribution in [1.82, 2.24) is 5.32 Å². The van der Waals surface area contributed by atoms with Crippen LogP contribution in [0.25, 0.3) is 0 Å². The Bertz CT molecular complexity index is 426. The summed E-state index contributed by atoms with van der Waals surface area (Å²) in [5.41, 5.74) is 2.79. The van der Waals surface area contributed by atoms with Crippen molar-refractivity contribution in [3.05, 3.63) is 47.5 Å². The van der Waals surface area contributed by atoms with E-state index in [1.54, 1.807) is 0 Å². The predicted octanol–water partition coefficient (Wildman–Crippen LogP) is 4.63. The molecule has 0 heterocycles. The standard InChI is InChI=1S/C19H29NO/c1-3-21-19(17-14-10-7-11-15-17)18(20-2)16-12-8-5-4-6-9-13-16/h7,10-12,14-15,18-20H,3-6,8-9,13H2,1-2H3/b16-12+. The fraction of sp³-hybridized carbons (Fsp3) is 0.579. The zero-order valence-electron chi connectivity index (χ0n) is 13.5. The van der Waals surface area contributed by atoms with E-state index in [9.17, 15) is 0 Å². The molecule has 0 fully saturated rings. The Labute approximate surface area is 129 Å². The molecule has 2 nitrogen and oxygen atoms in total. The smallest absolute Gasteiger partial charge is 0.102 e. The molecule has 0 amide bonds. The van der Waals surface area contributed by atoms with Crippen molar-refractivity contribution in [3.8, 4) is 0 Å². The van der Waals surface area contributed by atoms with Crippen LogP contribution in [0.5, 0.6) is 0 Å². The van der Waals surface area contributed by atoms with Gasteiger partial charge in [0.15, 0.2) is 0 Å². The number of benzene rings is 1. The summed E-state index contributed by atoms with van der Waals surface area (Å²) in [6.07, 6.45) is 10.3. The Morgan fingerprint density at radius 2 is 1.86 bits per heavy atom. The molecule has 2 heteroatoms. The van der Waals surface area contributed by atoms with Crippen LogP contribution < -0.4 is 5.32 Å². The van der Waals surface area contributed by atoms with Gasteiger partial charge in [-0.1, -0.05) is 54.8 Å². The topological polar surface area (TPSA) is 21.3 Å². The van der Waals surface area contributed by atoms with E-state index in [2.05, 4.69) is 55.7 Å². The number of rotatable bonds is 6. The lowest BCUT2D eigenvalue weighted by Gasteiger charge is -2.30. The highest BCUT2D eigenvalue weighted by molar-refractivity contribution is 5.25. The van der Waals surface area contributed by atoms with E-state index >= 15 is 0 Å². The van der Waals surface area contributed by atoms with E-state index in [1.807, 2.05) is 0 Å². The first-order valence-corrected chi connectivity index (χ1v) is 8.39. The van der Waals surface area contributed by atoms with Crippen molar-refractivity contribution < 1.29 is 4.74 Å². The van der Waals surface area contributed by atoms with Gasteiger partial charge in [0.1, 0.15) is 6.10 Å². The molecule has 0 aliphatic heterocycles. The lowest BCUT2D eigenvalue weighted by Crippen LogP contribution is -2.35. The lowest BCUT2D eigenvalue weighted by molar-refractivity contribution is 0.0431. The Balaban J connectivity index is 2.22. The van der Waals surface area contributed by atoms with Crippen molar-refractivity contribution in [3.63, 3.8) is 0 Å². The Hall–Kier alpha value is -1.12. The second-order valence-corrected chi connectivity index (χ2v) is 5.78. The van der Waals surface area contributed by atoms with E-state index in [-0.39, 0.29) is 12.1 Å². The largest absolute Gasteiger partial charge is 0.372 e. The molecule has 0 saturated heterocycles. The van der Waals surface area contributed by atoms with Crippen LogP contribution in [0.2, 0.25) is 0 Å². The first kappa shape index (κ1) is 16.3. The number of likely N-dealkylation sites (N-methyl/N-ethyl adjacent to an activating group) is 1. The highest BCUT2D eigenvalue weighted by Crippen LogP contribution is 2.29. The van der Waals surface area contributed by atoms with Gasteiger partial charge >= 0.3 is 0 Å². The van der Waals surface area contributed by atoms with Crippen LogP contribution in [-0.4, -0.2) is 19.7 Å². The minimum Gasteiger partial charge on any atom is -0.372 e. The van der Waals surface area contributed by atoms with E-state index in [0.717, 1.165) is 6.61 Å². The fourth-order valence-corrected chi connectivity index (χ4v) is 3.24. The number of hydrogen-bond acceptors (Lipinski definition) is 2. The average molecular weight is 287 g/mol. The summed E-state index contributed by atoms with van der Waals surface area (Å²) >= 11 is 0. The first-order valence-electron chi connectivity index (χ1n) is 8.39. The molecule has 0 aromatic heterocycles. The molecule has 2 unspecified atom stereocenters. The minimum absolute atomic E-state index is 0.104. The van der Waals surface area contributed by atoms with Crippen molar-refractivity contribution in [2.24, 2.45) is 0 Å². The third-order valence-electron chi connectivity index (χ3n) is 4.31. The normalized spacial score (nSPS) is 21.7. The quantitative estimate of drug-likeness (QED) is 0.770. The highest BCUT2D eigenvalue weighted by atomic mass is 16.5. The molecule has 0 bridgehead atoms. The van der Waals surface area contributed by atoms with Gasteiger partial charge in [0.05, 0.1) is 6.04 Å². The summed E-state index contributed by atoms with van der Waals surface area (Å²) in [7, 11) is 2.05. The van der Waals surface area contributed by atoms with Crippen molar-refractivity contribution in [1.29, 1.82) is 0 Å². The van der Waals surface area contributed by atoms with Gasteiger partial charge in [-0.25, -0.2) is 0 Å². The van der Waals surface area contributed by atoms with Crippen LogP contribution >= 0.6 is 0 Å². The molecule has 2 rings (SSSR count). The van der Waals surface area contributed by atoms with Crippen LogP contribution in [0, 0.1) is 0 Å². The third kappa shape index (κ3) is 4.69. The third-order valence-corrected chi connectivity index (χ3v) is 4.31. The SMILES string of the molecule is CCOC(c1ccccc1)C(NC)/C1=C/CCCCCC1. The van der Waals surface area contributed by atoms with Gasteiger partial charge in [0, 0.05) is 6.61 Å². The van der Waals surface area contributed by atoms with Crippen LogP contribution in [-0.2, 0) is 4.74 Å². The molecule has 1 aliphatic rings. The molecule has 21 heavy (non-hydrogen) atoms. The van der Waals surface area contributed by atoms with Gasteiger partial charge in [-0.15, -0.1) is 0 Å². The number of ether oxygens (including phenoxy) is 1. The maximum atomic E-state index is 6.10. The van der Waals surface area contributed by atoms with Crippen molar-refractivity contribution in [2.45, 2.75) is 57.6 Å². The highest BCUT2D eigenvalue weighted by Gasteiger charge is 2.25. The molecule has 2 atom stereocenters. The van der Waals surface area contributed by atoms with Gasteiger partial charge in [-0.3, -0.25) is 0 Å². The molecule has 0 spiro atoms. The summed E-state index contributed by atoms with van der Waals surface area (Å²) in [5.74, 6) is 0. The van der Waals surface area contributed by atoms with E-state index in [0.29, 0.717) is 0 Å². The number of nitrogens with one attached hydrogen (secondary N) is 1. The van der Waals surface area contributed by atoms with Crippen molar-refractivity contribution in [2.75, 3.05) is 13.7 Å². The van der Waals surface area contributed by atoms with Crippen LogP contribution in [0.15, 0.2) is 42.0 Å². The van der Waals surface area contributed by atoms with Crippen LogP contribution in [0.4, 0.5) is 0 Å². The zero-order chi connectivity index (χ0) is 14.9. The fourth-order valence-electron chi connectivity index (χ4n) is 3.24. The molecule has 1 N–H and O–H groups in total. The number of allylic oxidation sites excluding steroid dienone is 1. The van der Waals surface area contributed by atoms with E-state index in [1.165, 1.54) is 49.7 Å². The molecule has 116 valence electrons. The first-order chi connectivity index (χ1) is 10.4. The zero-order valence-corrected chi connectivity index (χ0v) is 13.5.